The Morgan fingerprint density at radius 3 is 2.30 bits per heavy atom. The lowest BCUT2D eigenvalue weighted by atomic mass is 9.80. The van der Waals surface area contributed by atoms with Gasteiger partial charge >= 0.3 is 5.97 Å². The number of nitrogens with zero attached hydrogens (tertiary/aromatic N) is 1. The molecule has 0 radical (unpaired) electrons. The first-order valence-electron chi connectivity index (χ1n) is 14.0. The number of thiazole rings is 1. The van der Waals surface area contributed by atoms with Gasteiger partial charge in [0.05, 0.1) is 27.0 Å². The lowest BCUT2D eigenvalue weighted by Gasteiger charge is -2.32. The van der Waals surface area contributed by atoms with Gasteiger partial charge < -0.3 is 15.5 Å². The molecule has 0 bridgehead atoms. The van der Waals surface area contributed by atoms with Crippen molar-refractivity contribution in [2.45, 2.75) is 108 Å². The van der Waals surface area contributed by atoms with Gasteiger partial charge in [-0.25, -0.2) is 18.1 Å². The van der Waals surface area contributed by atoms with Crippen LogP contribution in [0.25, 0.3) is 10.4 Å². The Balaban J connectivity index is 1.71. The number of carboxylic acid groups (broad SMARTS) is 1. The molecule has 2 fully saturated rings. The normalized spacial score (nSPS) is 20.6. The van der Waals surface area contributed by atoms with Gasteiger partial charge in [0.2, 0.25) is 10.0 Å². The minimum atomic E-state index is -3.92. The van der Waals surface area contributed by atoms with Crippen molar-refractivity contribution in [2.75, 3.05) is 0 Å². The third kappa shape index (κ3) is 7.29. The topological polar surface area (TPSA) is 146 Å². The Morgan fingerprint density at radius 1 is 1.07 bits per heavy atom. The molecular weight excluding hydrogens is 550 g/mol. The molecule has 2 aromatic rings. The van der Waals surface area contributed by atoms with Crippen LogP contribution >= 0.6 is 11.3 Å². The predicted octanol–water partition coefficient (Wildman–Crippen LogP) is 4.83. The summed E-state index contributed by atoms with van der Waals surface area (Å²) in [7, 11) is -3.92. The first kappa shape index (κ1) is 30.6. The van der Waals surface area contributed by atoms with Gasteiger partial charge in [0, 0.05) is 17.1 Å². The van der Waals surface area contributed by atoms with Gasteiger partial charge in [-0.15, -0.1) is 11.3 Å². The van der Waals surface area contributed by atoms with Crippen molar-refractivity contribution in [3.8, 4) is 10.4 Å². The molecule has 40 heavy (non-hydrogen) atoms. The molecule has 4 N–H and O–H groups in total. The Morgan fingerprint density at radius 2 is 1.73 bits per heavy atom. The first-order chi connectivity index (χ1) is 18.5. The van der Waals surface area contributed by atoms with Crippen molar-refractivity contribution in [1.29, 1.82) is 0 Å². The molecule has 0 atom stereocenters. The number of sulfonamides is 1. The van der Waals surface area contributed by atoms with E-state index >= 15 is 0 Å². The smallest absolute Gasteiger partial charge is 0.306 e. The number of aromatic nitrogens is 1. The minimum Gasteiger partial charge on any atom is -0.481 e. The molecular formula is C29H41N3O6S2. The number of amides is 1. The van der Waals surface area contributed by atoms with Crippen LogP contribution in [0.3, 0.4) is 0 Å². The molecule has 2 aliphatic rings. The van der Waals surface area contributed by atoms with Crippen LogP contribution in [0.15, 0.2) is 23.1 Å². The van der Waals surface area contributed by atoms with Crippen LogP contribution in [-0.2, 0) is 26.8 Å². The molecule has 9 nitrogen and oxygen atoms in total. The van der Waals surface area contributed by atoms with Crippen molar-refractivity contribution >= 4 is 33.2 Å². The molecule has 0 unspecified atom stereocenters. The van der Waals surface area contributed by atoms with Gasteiger partial charge in [-0.1, -0.05) is 38.2 Å². The number of carbonyl (C=O) groups is 2. The molecule has 1 aromatic heterocycles. The zero-order valence-corrected chi connectivity index (χ0v) is 25.5. The van der Waals surface area contributed by atoms with Crippen LogP contribution in [-0.4, -0.2) is 47.1 Å². The van der Waals surface area contributed by atoms with Gasteiger partial charge in [-0.2, -0.15) is 0 Å². The molecule has 0 spiro atoms. The molecule has 0 aliphatic heterocycles. The lowest BCUT2D eigenvalue weighted by Crippen LogP contribution is -2.46. The summed E-state index contributed by atoms with van der Waals surface area (Å²) in [5.74, 6) is -1.14. The second-order valence-corrected chi connectivity index (χ2v) is 15.5. The highest BCUT2D eigenvalue weighted by atomic mass is 32.2. The average Bonchev–Trinajstić information content (AvgIpc) is 3.22. The van der Waals surface area contributed by atoms with Crippen molar-refractivity contribution in [3.05, 3.63) is 34.5 Å². The van der Waals surface area contributed by atoms with Crippen molar-refractivity contribution < 1.29 is 28.2 Å². The fourth-order valence-corrected chi connectivity index (χ4v) is 8.26. The minimum absolute atomic E-state index is 0.00737. The largest absolute Gasteiger partial charge is 0.481 e. The highest BCUT2D eigenvalue weighted by Gasteiger charge is 2.36. The second kappa shape index (κ2) is 11.5. The van der Waals surface area contributed by atoms with Crippen LogP contribution in [0.1, 0.15) is 101 Å². The SMILES string of the molecule is CC(C)(C)NS(=O)(=O)c1ccc(-c2sc(C(=O)N[C@H]3C[C@H](C(=O)O)C3)nc2CC2CCCCC2)cc1C(C)(C)O. The summed E-state index contributed by atoms with van der Waals surface area (Å²) < 4.78 is 29.2. The van der Waals surface area contributed by atoms with E-state index in [-0.39, 0.29) is 22.4 Å². The molecule has 1 amide bonds. The molecule has 2 aliphatic carbocycles. The third-order valence-corrected chi connectivity index (χ3v) is 10.5. The summed E-state index contributed by atoms with van der Waals surface area (Å²) in [6.07, 6.45) is 7.28. The number of aliphatic hydroxyl groups is 1. The van der Waals surface area contributed by atoms with E-state index in [9.17, 15) is 23.1 Å². The fraction of sp³-hybridized carbons (Fsp3) is 0.621. The summed E-state index contributed by atoms with van der Waals surface area (Å²) >= 11 is 1.25. The van der Waals surface area contributed by atoms with E-state index in [0.717, 1.165) is 23.4 Å². The maximum atomic E-state index is 13.3. The Bertz CT molecular complexity index is 1360. The van der Waals surface area contributed by atoms with E-state index in [0.29, 0.717) is 35.8 Å². The maximum absolute atomic E-state index is 13.3. The van der Waals surface area contributed by atoms with E-state index in [4.69, 9.17) is 10.1 Å². The number of hydrogen-bond donors (Lipinski definition) is 4. The summed E-state index contributed by atoms with van der Waals surface area (Å²) in [6, 6.07) is 4.74. The number of carboxylic acids is 1. The molecule has 2 saturated carbocycles. The quantitative estimate of drug-likeness (QED) is 0.327. The first-order valence-corrected chi connectivity index (χ1v) is 16.3. The second-order valence-electron chi connectivity index (χ2n) is 12.8. The Kier molecular flexibility index (Phi) is 8.80. The van der Waals surface area contributed by atoms with Gasteiger partial charge in [-0.05, 0) is 77.5 Å². The van der Waals surface area contributed by atoms with E-state index < -0.39 is 33.1 Å². The summed E-state index contributed by atoms with van der Waals surface area (Å²) in [5, 5.41) is 23.4. The average molecular weight is 592 g/mol. The van der Waals surface area contributed by atoms with Crippen LogP contribution in [0, 0.1) is 11.8 Å². The molecule has 1 aromatic carbocycles. The number of hydrogen-bond acceptors (Lipinski definition) is 7. The Labute approximate surface area is 240 Å². The number of carbonyl (C=O) groups excluding carboxylic acids is 1. The summed E-state index contributed by atoms with van der Waals surface area (Å²) in [6.45, 7) is 8.39. The monoisotopic (exact) mass is 591 g/mol. The molecule has 4 rings (SSSR count). The summed E-state index contributed by atoms with van der Waals surface area (Å²) in [5.41, 5.74) is -0.393. The van der Waals surface area contributed by atoms with Crippen molar-refractivity contribution in [3.63, 3.8) is 0 Å². The van der Waals surface area contributed by atoms with E-state index in [1.165, 1.54) is 36.7 Å². The van der Waals surface area contributed by atoms with Gasteiger partial charge in [0.15, 0.2) is 5.01 Å². The maximum Gasteiger partial charge on any atom is 0.306 e. The van der Waals surface area contributed by atoms with Crippen molar-refractivity contribution in [1.82, 2.24) is 15.0 Å². The van der Waals surface area contributed by atoms with Gasteiger partial charge in [0.1, 0.15) is 0 Å². The molecule has 11 heteroatoms. The van der Waals surface area contributed by atoms with Gasteiger partial charge in [-0.3, -0.25) is 9.59 Å². The zero-order valence-electron chi connectivity index (χ0n) is 23.9. The number of benzene rings is 1. The zero-order chi connectivity index (χ0) is 29.5. The molecule has 220 valence electrons. The highest BCUT2D eigenvalue weighted by molar-refractivity contribution is 7.89. The van der Waals surface area contributed by atoms with Crippen LogP contribution < -0.4 is 10.0 Å². The third-order valence-electron chi connectivity index (χ3n) is 7.55. The van der Waals surface area contributed by atoms with Crippen LogP contribution in [0.5, 0.6) is 0 Å². The standard InChI is InChI=1S/C29H41N3O6S2/c1-28(2,3)32-40(37,38)23-12-11-18(16-21(23)29(4,5)36)24-22(13-17-9-7-6-8-10-17)31-26(39-24)25(33)30-20-14-19(15-20)27(34)35/h11-12,16-17,19-20,32,36H,6-10,13-15H2,1-5H3,(H,30,33)(H,34,35)/t19-,20-. The van der Waals surface area contributed by atoms with Crippen LogP contribution in [0.2, 0.25) is 0 Å². The van der Waals surface area contributed by atoms with Gasteiger partial charge in [0.25, 0.3) is 5.91 Å². The molecule has 0 saturated heterocycles. The summed E-state index contributed by atoms with van der Waals surface area (Å²) in [4.78, 5) is 29.8. The van der Waals surface area contributed by atoms with E-state index in [1.807, 2.05) is 0 Å². The van der Waals surface area contributed by atoms with Crippen molar-refractivity contribution in [2.24, 2.45) is 11.8 Å². The predicted molar refractivity (Wildman–Crippen MR) is 155 cm³/mol. The Hall–Kier alpha value is -2.34. The number of rotatable bonds is 9. The van der Waals surface area contributed by atoms with Crippen LogP contribution in [0.4, 0.5) is 0 Å². The lowest BCUT2D eigenvalue weighted by molar-refractivity contribution is -0.145. The number of nitrogens with one attached hydrogen (secondary N) is 2. The molecule has 1 heterocycles. The highest BCUT2D eigenvalue weighted by Crippen LogP contribution is 2.39. The fourth-order valence-electron chi connectivity index (χ4n) is 5.50. The van der Waals surface area contributed by atoms with E-state index in [2.05, 4.69) is 10.0 Å². The van der Waals surface area contributed by atoms with E-state index in [1.54, 1.807) is 46.8 Å². The number of aliphatic carboxylic acids is 1.